The fraction of sp³-hybridized carbons (Fsp3) is 0.0938. The maximum absolute atomic E-state index is 10.7. The highest BCUT2D eigenvalue weighted by Crippen LogP contribution is 2.38. The Kier molecular flexibility index (Phi) is 5.73. The summed E-state index contributed by atoms with van der Waals surface area (Å²) in [5.74, 6) is 1.11. The van der Waals surface area contributed by atoms with Gasteiger partial charge in [-0.15, -0.1) is 0 Å². The van der Waals surface area contributed by atoms with Crippen molar-refractivity contribution in [2.24, 2.45) is 0 Å². The Balaban J connectivity index is 1.64. The van der Waals surface area contributed by atoms with E-state index in [1.807, 2.05) is 54.7 Å². The fourth-order valence-corrected chi connectivity index (χ4v) is 4.75. The van der Waals surface area contributed by atoms with Gasteiger partial charge in [-0.3, -0.25) is 14.5 Å². The number of nitrogens with zero attached hydrogens (tertiary/aromatic N) is 4. The second-order valence-electron chi connectivity index (χ2n) is 9.39. The minimum Gasteiger partial charge on any atom is -0.506 e. The first kappa shape index (κ1) is 22.7. The van der Waals surface area contributed by atoms with E-state index in [0.29, 0.717) is 17.3 Å². The summed E-state index contributed by atoms with van der Waals surface area (Å²) in [6, 6.07) is 30.8. The first-order valence-corrected chi connectivity index (χ1v) is 12.4. The molecule has 0 amide bonds. The van der Waals surface area contributed by atoms with Crippen molar-refractivity contribution in [1.29, 1.82) is 0 Å². The quantitative estimate of drug-likeness (QED) is 0.274. The highest BCUT2D eigenvalue weighted by Gasteiger charge is 2.20. The third-order valence-corrected chi connectivity index (χ3v) is 6.63. The molecular weight excluding hydrogens is 456 g/mol. The number of benzene rings is 3. The summed E-state index contributed by atoms with van der Waals surface area (Å²) in [4.78, 5) is 13.8. The first-order valence-electron chi connectivity index (χ1n) is 12.4. The van der Waals surface area contributed by atoms with Crippen LogP contribution in [0.5, 0.6) is 5.75 Å². The van der Waals surface area contributed by atoms with Crippen LogP contribution in [0.25, 0.3) is 50.5 Å². The number of hydrogen-bond acceptors (Lipinski definition) is 4. The lowest BCUT2D eigenvalue weighted by Crippen LogP contribution is -1.97. The number of fused-ring (bicyclic) bond motifs is 1. The average molecular weight is 483 g/mol. The summed E-state index contributed by atoms with van der Waals surface area (Å²) in [5, 5.41) is 10.7. The Morgan fingerprint density at radius 1 is 0.757 bits per heavy atom. The molecular formula is C32H26N4O. The van der Waals surface area contributed by atoms with Crippen molar-refractivity contribution in [2.75, 3.05) is 0 Å². The summed E-state index contributed by atoms with van der Waals surface area (Å²) < 4.78 is 2.10. The maximum atomic E-state index is 10.7. The van der Waals surface area contributed by atoms with E-state index >= 15 is 0 Å². The summed E-state index contributed by atoms with van der Waals surface area (Å²) in [6.07, 6.45) is 4.96. The van der Waals surface area contributed by atoms with Gasteiger partial charge in [-0.1, -0.05) is 56.3 Å². The van der Waals surface area contributed by atoms with Gasteiger partial charge in [0, 0.05) is 29.2 Å². The molecule has 3 aromatic carbocycles. The van der Waals surface area contributed by atoms with Gasteiger partial charge in [-0.2, -0.15) is 0 Å². The van der Waals surface area contributed by atoms with Gasteiger partial charge in [0.15, 0.2) is 0 Å². The molecule has 3 aromatic heterocycles. The zero-order chi connectivity index (χ0) is 25.4. The zero-order valence-electron chi connectivity index (χ0n) is 20.7. The molecule has 37 heavy (non-hydrogen) atoms. The van der Waals surface area contributed by atoms with Gasteiger partial charge in [0.25, 0.3) is 0 Å². The predicted octanol–water partition coefficient (Wildman–Crippen LogP) is 7.65. The van der Waals surface area contributed by atoms with Crippen LogP contribution in [0.4, 0.5) is 0 Å². The topological polar surface area (TPSA) is 63.8 Å². The highest BCUT2D eigenvalue weighted by molar-refractivity contribution is 5.96. The third-order valence-electron chi connectivity index (χ3n) is 6.63. The Morgan fingerprint density at radius 2 is 1.57 bits per heavy atom. The van der Waals surface area contributed by atoms with E-state index in [1.165, 1.54) is 11.8 Å². The molecule has 0 aliphatic heterocycles. The normalized spacial score (nSPS) is 11.3. The molecule has 5 nitrogen and oxygen atoms in total. The van der Waals surface area contributed by atoms with Crippen LogP contribution in [0.3, 0.4) is 0 Å². The smallest absolute Gasteiger partial charge is 0.149 e. The van der Waals surface area contributed by atoms with E-state index in [-0.39, 0.29) is 5.75 Å². The summed E-state index contributed by atoms with van der Waals surface area (Å²) >= 11 is 0. The molecule has 6 aromatic rings. The van der Waals surface area contributed by atoms with Crippen molar-refractivity contribution in [3.63, 3.8) is 0 Å². The first-order chi connectivity index (χ1) is 18.1. The molecule has 0 saturated heterocycles. The molecule has 0 aliphatic carbocycles. The van der Waals surface area contributed by atoms with Gasteiger partial charge < -0.3 is 5.11 Å². The number of pyridine rings is 2. The van der Waals surface area contributed by atoms with E-state index < -0.39 is 0 Å². The monoisotopic (exact) mass is 482 g/mol. The van der Waals surface area contributed by atoms with Gasteiger partial charge >= 0.3 is 0 Å². The van der Waals surface area contributed by atoms with E-state index in [2.05, 4.69) is 64.8 Å². The van der Waals surface area contributed by atoms with Crippen LogP contribution >= 0.6 is 0 Å². The van der Waals surface area contributed by atoms with E-state index in [1.54, 1.807) is 12.3 Å². The Bertz CT molecular complexity index is 1710. The standard InChI is InChI=1S/C32H26N4O/c1-21(2)22-17-23(19-24(18-22)28-12-6-7-15-34-28)26-11-8-13-29-31(26)35-32(27-14-16-33-20-30(27)37)36(29)25-9-4-3-5-10-25/h3-21,37H,1-2H3. The van der Waals surface area contributed by atoms with Crippen LogP contribution in [0.1, 0.15) is 25.3 Å². The molecule has 3 heterocycles. The second-order valence-corrected chi connectivity index (χ2v) is 9.39. The number of aromatic hydroxyl groups is 1. The van der Waals surface area contributed by atoms with Gasteiger partial charge in [-0.05, 0) is 65.6 Å². The Hall–Kier alpha value is -4.77. The van der Waals surface area contributed by atoms with Crippen LogP contribution in [0.15, 0.2) is 110 Å². The number of para-hydroxylation sites is 2. The van der Waals surface area contributed by atoms with Gasteiger partial charge in [0.05, 0.1) is 28.5 Å². The van der Waals surface area contributed by atoms with E-state index in [4.69, 9.17) is 4.98 Å². The lowest BCUT2D eigenvalue weighted by atomic mass is 9.93. The number of hydrogen-bond donors (Lipinski definition) is 1. The molecule has 0 atom stereocenters. The third kappa shape index (κ3) is 4.15. The molecule has 0 unspecified atom stereocenters. The van der Waals surface area contributed by atoms with Crippen LogP contribution in [0.2, 0.25) is 0 Å². The maximum Gasteiger partial charge on any atom is 0.149 e. The molecule has 0 fully saturated rings. The molecule has 5 heteroatoms. The molecule has 0 radical (unpaired) electrons. The average Bonchev–Trinajstić information content (AvgIpc) is 3.33. The molecule has 0 bridgehead atoms. The molecule has 180 valence electrons. The van der Waals surface area contributed by atoms with Crippen LogP contribution in [-0.4, -0.2) is 24.6 Å². The van der Waals surface area contributed by atoms with Crippen molar-refractivity contribution in [3.05, 3.63) is 115 Å². The molecule has 0 aliphatic rings. The number of rotatable bonds is 5. The van der Waals surface area contributed by atoms with Crippen molar-refractivity contribution in [1.82, 2.24) is 19.5 Å². The molecule has 1 N–H and O–H groups in total. The summed E-state index contributed by atoms with van der Waals surface area (Å²) in [6.45, 7) is 4.41. The molecule has 6 rings (SSSR count). The zero-order valence-corrected chi connectivity index (χ0v) is 20.7. The fourth-order valence-electron chi connectivity index (χ4n) is 4.75. The molecule has 0 saturated carbocycles. The van der Waals surface area contributed by atoms with Gasteiger partial charge in [0.1, 0.15) is 11.6 Å². The minimum absolute atomic E-state index is 0.0933. The van der Waals surface area contributed by atoms with Crippen molar-refractivity contribution in [3.8, 4) is 45.2 Å². The van der Waals surface area contributed by atoms with Crippen LogP contribution < -0.4 is 0 Å². The van der Waals surface area contributed by atoms with E-state index in [0.717, 1.165) is 39.1 Å². The minimum atomic E-state index is 0.0933. The second kappa shape index (κ2) is 9.36. The SMILES string of the molecule is CC(C)c1cc(-c2ccccn2)cc(-c2cccc3c2nc(-c2ccncc2O)n3-c2ccccc2)c1. The lowest BCUT2D eigenvalue weighted by molar-refractivity contribution is 0.474. The van der Waals surface area contributed by atoms with Crippen molar-refractivity contribution < 1.29 is 5.11 Å². The van der Waals surface area contributed by atoms with Gasteiger partial charge in [0.2, 0.25) is 0 Å². The predicted molar refractivity (Wildman–Crippen MR) is 149 cm³/mol. The summed E-state index contributed by atoms with van der Waals surface area (Å²) in [5.41, 5.74) is 8.80. The highest BCUT2D eigenvalue weighted by atomic mass is 16.3. The number of imidazole rings is 1. The van der Waals surface area contributed by atoms with Gasteiger partial charge in [-0.25, -0.2) is 4.98 Å². The van der Waals surface area contributed by atoms with Crippen molar-refractivity contribution >= 4 is 11.0 Å². The largest absolute Gasteiger partial charge is 0.506 e. The molecule has 0 spiro atoms. The Morgan fingerprint density at radius 3 is 2.32 bits per heavy atom. The number of aromatic nitrogens is 4. The van der Waals surface area contributed by atoms with E-state index in [9.17, 15) is 5.11 Å². The van der Waals surface area contributed by atoms with Crippen LogP contribution in [-0.2, 0) is 0 Å². The van der Waals surface area contributed by atoms with Crippen LogP contribution in [0, 0.1) is 0 Å². The Labute approximate surface area is 215 Å². The summed E-state index contributed by atoms with van der Waals surface area (Å²) in [7, 11) is 0. The van der Waals surface area contributed by atoms with Crippen molar-refractivity contribution in [2.45, 2.75) is 19.8 Å². The lowest BCUT2D eigenvalue weighted by Gasteiger charge is -2.13.